The van der Waals surface area contributed by atoms with E-state index in [-0.39, 0.29) is 5.91 Å². The number of fused-ring (bicyclic) bond motifs is 1. The summed E-state index contributed by atoms with van der Waals surface area (Å²) in [6, 6.07) is 7.12. The molecule has 3 aromatic rings. The average Bonchev–Trinajstić information content (AvgIpc) is 3.21. The maximum atomic E-state index is 12.8. The zero-order valence-electron chi connectivity index (χ0n) is 14.1. The number of halogens is 1. The van der Waals surface area contributed by atoms with Crippen molar-refractivity contribution in [2.45, 2.75) is 6.42 Å². The molecule has 1 N–H and O–H groups in total. The fourth-order valence-electron chi connectivity index (χ4n) is 2.84. The second-order valence-electron chi connectivity index (χ2n) is 5.88. The molecule has 134 valence electrons. The summed E-state index contributed by atoms with van der Waals surface area (Å²) in [4.78, 5) is 12.8. The monoisotopic (exact) mass is 372 g/mol. The minimum absolute atomic E-state index is 0.307. The number of carbonyl (C=O) groups is 1. The fourth-order valence-corrected chi connectivity index (χ4v) is 3.04. The molecule has 1 aliphatic heterocycles. The molecule has 0 aliphatic carbocycles. The molecule has 0 radical (unpaired) electrons. The number of hydrogen-bond acceptors (Lipinski definition) is 4. The number of rotatable bonds is 3. The first-order chi connectivity index (χ1) is 12.6. The van der Waals surface area contributed by atoms with E-state index in [1.807, 2.05) is 29.1 Å². The van der Waals surface area contributed by atoms with Crippen molar-refractivity contribution in [3.05, 3.63) is 53.4 Å². The molecule has 3 heterocycles. The van der Waals surface area contributed by atoms with Gasteiger partial charge in [0.1, 0.15) is 11.4 Å². The van der Waals surface area contributed by atoms with Crippen LogP contribution in [-0.4, -0.2) is 33.5 Å². The summed E-state index contributed by atoms with van der Waals surface area (Å²) in [6.45, 7) is 1.13. The second kappa shape index (κ2) is 6.76. The van der Waals surface area contributed by atoms with Crippen LogP contribution < -0.4 is 14.8 Å². The topological polar surface area (TPSA) is 70.3 Å². The van der Waals surface area contributed by atoms with E-state index in [1.165, 1.54) is 6.20 Å². The van der Waals surface area contributed by atoms with Crippen molar-refractivity contribution in [1.29, 1.82) is 0 Å². The number of nitrogens with one attached hydrogen (secondary N) is 1. The largest absolute Gasteiger partial charge is 0.490 e. The Hall–Kier alpha value is -2.93. The summed E-state index contributed by atoms with van der Waals surface area (Å²) in [5.41, 5.74) is 0.898. The van der Waals surface area contributed by atoms with Gasteiger partial charge in [0.05, 0.1) is 30.1 Å². The van der Waals surface area contributed by atoms with Crippen LogP contribution in [-0.2, 0) is 7.05 Å². The molecule has 4 rings (SSSR count). The van der Waals surface area contributed by atoms with Crippen molar-refractivity contribution in [3.63, 3.8) is 0 Å². The Bertz CT molecular complexity index is 950. The third-order valence-corrected chi connectivity index (χ3v) is 4.40. The van der Waals surface area contributed by atoms with Gasteiger partial charge in [-0.1, -0.05) is 11.6 Å². The first-order valence-corrected chi connectivity index (χ1v) is 8.57. The maximum Gasteiger partial charge on any atom is 0.261 e. The van der Waals surface area contributed by atoms with Gasteiger partial charge >= 0.3 is 0 Å². The maximum absolute atomic E-state index is 12.8. The van der Waals surface area contributed by atoms with Crippen LogP contribution in [0.3, 0.4) is 0 Å². The smallest absolute Gasteiger partial charge is 0.261 e. The molecular formula is C18H17ClN4O3. The molecule has 2 aromatic heterocycles. The number of amides is 1. The van der Waals surface area contributed by atoms with Gasteiger partial charge in [0.15, 0.2) is 11.5 Å². The van der Waals surface area contributed by atoms with Crippen LogP contribution in [0.1, 0.15) is 16.8 Å². The summed E-state index contributed by atoms with van der Waals surface area (Å²) >= 11 is 6.31. The minimum atomic E-state index is -0.307. The SMILES string of the molecule is Cn1ncc(C(=O)Nc2cc3c(cc2Cl)OCCCO3)c1-n1cccc1. The Morgan fingerprint density at radius 3 is 2.62 bits per heavy atom. The lowest BCUT2D eigenvalue weighted by molar-refractivity contribution is 0.102. The van der Waals surface area contributed by atoms with Gasteiger partial charge in [0.25, 0.3) is 5.91 Å². The standard InChI is InChI=1S/C18H17ClN4O3/c1-22-18(23-5-2-3-6-23)12(11-20-22)17(24)21-14-10-16-15(9-13(14)19)25-7-4-8-26-16/h2-3,5-6,9-11H,4,7-8H2,1H3,(H,21,24). The number of benzene rings is 1. The second-order valence-corrected chi connectivity index (χ2v) is 6.29. The average molecular weight is 373 g/mol. The number of ether oxygens (including phenoxy) is 2. The Balaban J connectivity index is 1.65. The van der Waals surface area contributed by atoms with Gasteiger partial charge < -0.3 is 19.4 Å². The van der Waals surface area contributed by atoms with E-state index in [0.29, 0.717) is 46.8 Å². The number of aromatic nitrogens is 3. The molecule has 26 heavy (non-hydrogen) atoms. The van der Waals surface area contributed by atoms with Gasteiger partial charge in [-0.2, -0.15) is 5.10 Å². The molecule has 0 atom stereocenters. The lowest BCUT2D eigenvalue weighted by Crippen LogP contribution is -2.15. The zero-order chi connectivity index (χ0) is 18.1. The number of hydrogen-bond donors (Lipinski definition) is 1. The normalized spacial score (nSPS) is 13.3. The van der Waals surface area contributed by atoms with E-state index in [9.17, 15) is 4.79 Å². The Morgan fingerprint density at radius 1 is 1.19 bits per heavy atom. The highest BCUT2D eigenvalue weighted by molar-refractivity contribution is 6.34. The van der Waals surface area contributed by atoms with Gasteiger partial charge in [-0.15, -0.1) is 0 Å². The summed E-state index contributed by atoms with van der Waals surface area (Å²) in [5.74, 6) is 1.51. The first kappa shape index (κ1) is 16.5. The van der Waals surface area contributed by atoms with E-state index in [1.54, 1.807) is 23.9 Å². The van der Waals surface area contributed by atoms with E-state index in [0.717, 1.165) is 6.42 Å². The van der Waals surface area contributed by atoms with E-state index < -0.39 is 0 Å². The van der Waals surface area contributed by atoms with Crippen molar-refractivity contribution in [1.82, 2.24) is 14.3 Å². The van der Waals surface area contributed by atoms with Crippen LogP contribution in [0.25, 0.3) is 5.82 Å². The summed E-state index contributed by atoms with van der Waals surface area (Å²) in [7, 11) is 1.78. The summed E-state index contributed by atoms with van der Waals surface area (Å²) in [6.07, 6.45) is 6.04. The van der Waals surface area contributed by atoms with Crippen LogP contribution in [0.2, 0.25) is 5.02 Å². The van der Waals surface area contributed by atoms with Crippen molar-refractivity contribution in [2.75, 3.05) is 18.5 Å². The van der Waals surface area contributed by atoms with E-state index in [2.05, 4.69) is 10.4 Å². The van der Waals surface area contributed by atoms with Gasteiger partial charge in [-0.25, -0.2) is 0 Å². The molecule has 0 bridgehead atoms. The van der Waals surface area contributed by atoms with Crippen LogP contribution >= 0.6 is 11.6 Å². The number of aryl methyl sites for hydroxylation is 1. The molecule has 0 fully saturated rings. The fraction of sp³-hybridized carbons (Fsp3) is 0.222. The predicted molar refractivity (Wildman–Crippen MR) is 97.5 cm³/mol. The first-order valence-electron chi connectivity index (χ1n) is 8.19. The van der Waals surface area contributed by atoms with Gasteiger partial charge in [-0.05, 0) is 12.1 Å². The highest BCUT2D eigenvalue weighted by Crippen LogP contribution is 2.38. The van der Waals surface area contributed by atoms with Crippen molar-refractivity contribution < 1.29 is 14.3 Å². The molecule has 0 spiro atoms. The highest BCUT2D eigenvalue weighted by Gasteiger charge is 2.20. The van der Waals surface area contributed by atoms with Crippen LogP contribution in [0.4, 0.5) is 5.69 Å². The molecule has 1 amide bonds. The molecule has 7 nitrogen and oxygen atoms in total. The van der Waals surface area contributed by atoms with E-state index in [4.69, 9.17) is 21.1 Å². The summed E-state index contributed by atoms with van der Waals surface area (Å²) < 4.78 is 14.7. The minimum Gasteiger partial charge on any atom is -0.490 e. The Labute approximate surface area is 155 Å². The van der Waals surface area contributed by atoms with Crippen molar-refractivity contribution in [2.24, 2.45) is 7.05 Å². The van der Waals surface area contributed by atoms with Crippen LogP contribution in [0.5, 0.6) is 11.5 Å². The Kier molecular flexibility index (Phi) is 4.30. The van der Waals surface area contributed by atoms with Gasteiger partial charge in [0.2, 0.25) is 0 Å². The zero-order valence-corrected chi connectivity index (χ0v) is 14.9. The molecule has 0 saturated heterocycles. The molecule has 1 aromatic carbocycles. The number of anilines is 1. The molecule has 0 unspecified atom stereocenters. The highest BCUT2D eigenvalue weighted by atomic mass is 35.5. The molecular weight excluding hydrogens is 356 g/mol. The third kappa shape index (κ3) is 3.01. The number of nitrogens with zero attached hydrogens (tertiary/aromatic N) is 3. The van der Waals surface area contributed by atoms with Crippen molar-refractivity contribution >= 4 is 23.2 Å². The number of carbonyl (C=O) groups excluding carboxylic acids is 1. The molecule has 0 saturated carbocycles. The van der Waals surface area contributed by atoms with Gasteiger partial charge in [0, 0.05) is 38.0 Å². The quantitative estimate of drug-likeness (QED) is 0.766. The van der Waals surface area contributed by atoms with Crippen LogP contribution in [0, 0.1) is 0 Å². The Morgan fingerprint density at radius 2 is 1.88 bits per heavy atom. The third-order valence-electron chi connectivity index (χ3n) is 4.09. The van der Waals surface area contributed by atoms with Crippen LogP contribution in [0.15, 0.2) is 42.9 Å². The molecule has 1 aliphatic rings. The lowest BCUT2D eigenvalue weighted by Gasteiger charge is -2.13. The lowest BCUT2D eigenvalue weighted by atomic mass is 10.2. The van der Waals surface area contributed by atoms with E-state index >= 15 is 0 Å². The summed E-state index contributed by atoms with van der Waals surface area (Å²) in [5, 5.41) is 7.42. The van der Waals surface area contributed by atoms with Crippen molar-refractivity contribution in [3.8, 4) is 17.3 Å². The predicted octanol–water partition coefficient (Wildman–Crippen LogP) is 3.28. The van der Waals surface area contributed by atoms with Gasteiger partial charge in [-0.3, -0.25) is 9.48 Å². The molecule has 8 heteroatoms.